The van der Waals surface area contributed by atoms with E-state index in [0.717, 1.165) is 43.8 Å². The second kappa shape index (κ2) is 7.49. The van der Waals surface area contributed by atoms with Gasteiger partial charge in [-0.15, -0.1) is 0 Å². The van der Waals surface area contributed by atoms with Gasteiger partial charge in [0.25, 0.3) is 0 Å². The third-order valence-electron chi connectivity index (χ3n) is 4.49. The van der Waals surface area contributed by atoms with E-state index in [1.807, 2.05) is 18.2 Å². The molecule has 1 aliphatic rings. The maximum atomic E-state index is 13.6. The van der Waals surface area contributed by atoms with Gasteiger partial charge in [0.2, 0.25) is 0 Å². The zero-order valence-corrected chi connectivity index (χ0v) is 14.6. The van der Waals surface area contributed by atoms with E-state index in [9.17, 15) is 4.39 Å². The Labute approximate surface area is 147 Å². The van der Waals surface area contributed by atoms with Crippen LogP contribution < -0.4 is 4.74 Å². The number of hydrogen-bond donors (Lipinski definition) is 0. The Morgan fingerprint density at radius 1 is 1.29 bits per heavy atom. The second-order valence-electron chi connectivity index (χ2n) is 6.84. The van der Waals surface area contributed by atoms with Crippen LogP contribution in [0.1, 0.15) is 25.3 Å². The SMILES string of the molecule is CC1(COc2ccncc2)CCCN(Cc2ccc(Cl)c(F)c2)C1. The van der Waals surface area contributed by atoms with Crippen LogP contribution in [0, 0.1) is 11.2 Å². The number of hydrogen-bond acceptors (Lipinski definition) is 3. The van der Waals surface area contributed by atoms with Crippen LogP contribution in [0.25, 0.3) is 0 Å². The molecule has 2 heterocycles. The molecule has 1 aromatic heterocycles. The van der Waals surface area contributed by atoms with Crippen LogP contribution in [0.2, 0.25) is 5.02 Å². The van der Waals surface area contributed by atoms with Crippen LogP contribution in [0.3, 0.4) is 0 Å². The van der Waals surface area contributed by atoms with Gasteiger partial charge in [-0.1, -0.05) is 24.6 Å². The summed E-state index contributed by atoms with van der Waals surface area (Å²) in [5.41, 5.74) is 1.04. The maximum absolute atomic E-state index is 13.6. The smallest absolute Gasteiger partial charge is 0.142 e. The first kappa shape index (κ1) is 17.2. The van der Waals surface area contributed by atoms with Gasteiger partial charge in [-0.2, -0.15) is 0 Å². The molecule has 0 radical (unpaired) electrons. The lowest BCUT2D eigenvalue weighted by Crippen LogP contribution is -2.44. The Bertz CT molecular complexity index is 682. The lowest BCUT2D eigenvalue weighted by molar-refractivity contribution is 0.0522. The van der Waals surface area contributed by atoms with Gasteiger partial charge in [-0.05, 0) is 49.2 Å². The average molecular weight is 349 g/mol. The largest absolute Gasteiger partial charge is 0.493 e. The molecular weight excluding hydrogens is 327 g/mol. The normalized spacial score (nSPS) is 21.6. The summed E-state index contributed by atoms with van der Waals surface area (Å²) in [6, 6.07) is 8.80. The minimum absolute atomic E-state index is 0.0898. The van der Waals surface area contributed by atoms with Gasteiger partial charge in [0.1, 0.15) is 11.6 Å². The molecule has 24 heavy (non-hydrogen) atoms. The molecular formula is C19H22ClFN2O. The number of nitrogens with zero attached hydrogens (tertiary/aromatic N) is 2. The molecule has 0 N–H and O–H groups in total. The van der Waals surface area contributed by atoms with E-state index in [1.54, 1.807) is 18.5 Å². The molecule has 1 aliphatic heterocycles. The highest BCUT2D eigenvalue weighted by atomic mass is 35.5. The maximum Gasteiger partial charge on any atom is 0.142 e. The first-order valence-corrected chi connectivity index (χ1v) is 8.61. The van der Waals surface area contributed by atoms with Crippen molar-refractivity contribution < 1.29 is 9.13 Å². The molecule has 1 unspecified atom stereocenters. The molecule has 1 saturated heterocycles. The van der Waals surface area contributed by atoms with E-state index in [0.29, 0.717) is 6.61 Å². The number of pyridine rings is 1. The Morgan fingerprint density at radius 3 is 2.83 bits per heavy atom. The lowest BCUT2D eigenvalue weighted by atomic mass is 9.82. The highest BCUT2D eigenvalue weighted by Gasteiger charge is 2.31. The van der Waals surface area contributed by atoms with E-state index < -0.39 is 0 Å². The summed E-state index contributed by atoms with van der Waals surface area (Å²) in [4.78, 5) is 6.36. The van der Waals surface area contributed by atoms with Gasteiger partial charge >= 0.3 is 0 Å². The molecule has 2 aromatic rings. The molecule has 0 bridgehead atoms. The van der Waals surface area contributed by atoms with Crippen LogP contribution in [-0.4, -0.2) is 29.6 Å². The molecule has 1 fully saturated rings. The molecule has 1 aromatic carbocycles. The molecule has 1 atom stereocenters. The van der Waals surface area contributed by atoms with E-state index in [1.165, 1.54) is 6.07 Å². The lowest BCUT2D eigenvalue weighted by Gasteiger charge is -2.40. The predicted octanol–water partition coefficient (Wildman–Crippen LogP) is 4.56. The minimum atomic E-state index is -0.352. The van der Waals surface area contributed by atoms with Gasteiger partial charge in [-0.3, -0.25) is 9.88 Å². The number of benzene rings is 1. The fraction of sp³-hybridized carbons (Fsp3) is 0.421. The van der Waals surface area contributed by atoms with Gasteiger partial charge in [0, 0.05) is 30.9 Å². The van der Waals surface area contributed by atoms with Gasteiger partial charge < -0.3 is 4.74 Å². The highest BCUT2D eigenvalue weighted by Crippen LogP contribution is 2.31. The summed E-state index contributed by atoms with van der Waals surface area (Å²) < 4.78 is 19.6. The van der Waals surface area contributed by atoms with E-state index in [2.05, 4.69) is 16.8 Å². The number of rotatable bonds is 5. The van der Waals surface area contributed by atoms with E-state index >= 15 is 0 Å². The Morgan fingerprint density at radius 2 is 2.08 bits per heavy atom. The molecule has 128 valence electrons. The molecule has 5 heteroatoms. The van der Waals surface area contributed by atoms with E-state index in [-0.39, 0.29) is 16.3 Å². The summed E-state index contributed by atoms with van der Waals surface area (Å²) >= 11 is 5.76. The zero-order chi connectivity index (χ0) is 17.0. The van der Waals surface area contributed by atoms with Crippen LogP contribution in [0.4, 0.5) is 4.39 Å². The van der Waals surface area contributed by atoms with Crippen molar-refractivity contribution in [3.8, 4) is 5.75 Å². The number of aromatic nitrogens is 1. The van der Waals surface area contributed by atoms with Crippen molar-refractivity contribution >= 4 is 11.6 Å². The van der Waals surface area contributed by atoms with Gasteiger partial charge in [-0.25, -0.2) is 4.39 Å². The minimum Gasteiger partial charge on any atom is -0.493 e. The van der Waals surface area contributed by atoms with Gasteiger partial charge in [0.15, 0.2) is 0 Å². The Balaban J connectivity index is 1.59. The van der Waals surface area contributed by atoms with Crippen molar-refractivity contribution in [2.75, 3.05) is 19.7 Å². The highest BCUT2D eigenvalue weighted by molar-refractivity contribution is 6.30. The predicted molar refractivity (Wildman–Crippen MR) is 93.8 cm³/mol. The molecule has 0 saturated carbocycles. The molecule has 0 aliphatic carbocycles. The quantitative estimate of drug-likeness (QED) is 0.792. The first-order chi connectivity index (χ1) is 11.5. The molecule has 3 rings (SSSR count). The summed E-state index contributed by atoms with van der Waals surface area (Å²) in [7, 11) is 0. The number of piperidine rings is 1. The number of ether oxygens (including phenoxy) is 1. The van der Waals surface area contributed by atoms with Crippen molar-refractivity contribution in [2.24, 2.45) is 5.41 Å². The fourth-order valence-electron chi connectivity index (χ4n) is 3.27. The first-order valence-electron chi connectivity index (χ1n) is 8.23. The molecule has 0 amide bonds. The van der Waals surface area contributed by atoms with Crippen molar-refractivity contribution in [1.82, 2.24) is 9.88 Å². The van der Waals surface area contributed by atoms with Crippen LogP contribution in [-0.2, 0) is 6.54 Å². The molecule has 3 nitrogen and oxygen atoms in total. The monoisotopic (exact) mass is 348 g/mol. The van der Waals surface area contributed by atoms with Crippen LogP contribution >= 0.6 is 11.6 Å². The van der Waals surface area contributed by atoms with Crippen molar-refractivity contribution in [2.45, 2.75) is 26.3 Å². The average Bonchev–Trinajstić information content (AvgIpc) is 2.58. The third-order valence-corrected chi connectivity index (χ3v) is 4.79. The van der Waals surface area contributed by atoms with Crippen molar-refractivity contribution in [3.63, 3.8) is 0 Å². The molecule has 0 spiro atoms. The Kier molecular flexibility index (Phi) is 5.36. The van der Waals surface area contributed by atoms with Gasteiger partial charge in [0.05, 0.1) is 11.6 Å². The van der Waals surface area contributed by atoms with Crippen LogP contribution in [0.5, 0.6) is 5.75 Å². The fourth-order valence-corrected chi connectivity index (χ4v) is 3.39. The summed E-state index contributed by atoms with van der Waals surface area (Å²) in [5, 5.41) is 0.174. The van der Waals surface area contributed by atoms with E-state index in [4.69, 9.17) is 16.3 Å². The zero-order valence-electron chi connectivity index (χ0n) is 13.8. The number of likely N-dealkylation sites (tertiary alicyclic amines) is 1. The second-order valence-corrected chi connectivity index (χ2v) is 7.25. The number of halogens is 2. The standard InChI is InChI=1S/C19H22ClFN2O/c1-19(14-24-16-5-8-22-9-6-16)7-2-10-23(13-19)12-15-3-4-17(20)18(21)11-15/h3-6,8-9,11H,2,7,10,12-14H2,1H3. The third kappa shape index (κ3) is 4.46. The topological polar surface area (TPSA) is 25.4 Å². The van der Waals surface area contributed by atoms with Crippen molar-refractivity contribution in [3.05, 3.63) is 59.1 Å². The Hall–Kier alpha value is -1.65. The summed E-state index contributed by atoms with van der Waals surface area (Å²) in [6.07, 6.45) is 5.72. The summed E-state index contributed by atoms with van der Waals surface area (Å²) in [6.45, 7) is 5.61. The van der Waals surface area contributed by atoms with Crippen LogP contribution in [0.15, 0.2) is 42.7 Å². The summed E-state index contributed by atoms with van der Waals surface area (Å²) in [5.74, 6) is 0.498. The van der Waals surface area contributed by atoms with Crippen molar-refractivity contribution in [1.29, 1.82) is 0 Å².